The summed E-state index contributed by atoms with van der Waals surface area (Å²) in [6.07, 6.45) is 2.91. The maximum Gasteiger partial charge on any atom is 0.150 e. The zero-order valence-electron chi connectivity index (χ0n) is 15.7. The molecule has 9 atom stereocenters. The molecule has 0 aromatic rings. The molecule has 142 valence electrons. The first kappa shape index (κ1) is 17.9. The molecule has 25 heavy (non-hydrogen) atoms. The van der Waals surface area contributed by atoms with E-state index in [1.165, 1.54) is 0 Å². The first-order chi connectivity index (χ1) is 11.6. The summed E-state index contributed by atoms with van der Waals surface area (Å²) in [4.78, 5) is 12.1. The maximum atomic E-state index is 15.9. The van der Waals surface area contributed by atoms with Crippen molar-refractivity contribution < 1.29 is 18.7 Å². The van der Waals surface area contributed by atoms with Crippen LogP contribution in [0.25, 0.3) is 0 Å². The fourth-order valence-electron chi connectivity index (χ4n) is 7.83. The monoisotopic (exact) mass is 354 g/mol. The third-order valence-electron chi connectivity index (χ3n) is 9.20. The van der Waals surface area contributed by atoms with E-state index in [1.54, 1.807) is 6.92 Å². The summed E-state index contributed by atoms with van der Waals surface area (Å²) in [6.45, 7) is 5.87. The second-order valence-corrected chi connectivity index (χ2v) is 10.0. The van der Waals surface area contributed by atoms with E-state index in [2.05, 4.69) is 6.92 Å². The van der Waals surface area contributed by atoms with Crippen LogP contribution in [0.4, 0.5) is 8.78 Å². The Morgan fingerprint density at radius 1 is 1.08 bits per heavy atom. The van der Waals surface area contributed by atoms with Gasteiger partial charge in [-0.3, -0.25) is 4.79 Å². The molecule has 0 aliphatic heterocycles. The Labute approximate surface area is 149 Å². The van der Waals surface area contributed by atoms with Crippen LogP contribution in [0.2, 0.25) is 0 Å². The van der Waals surface area contributed by atoms with Gasteiger partial charge in [0.1, 0.15) is 17.6 Å². The molecular formula is C21H32F2O2. The van der Waals surface area contributed by atoms with Crippen LogP contribution in [0.15, 0.2) is 0 Å². The molecule has 0 aromatic carbocycles. The summed E-state index contributed by atoms with van der Waals surface area (Å²) in [7, 11) is 0. The van der Waals surface area contributed by atoms with Gasteiger partial charge < -0.3 is 5.11 Å². The van der Waals surface area contributed by atoms with Crippen molar-refractivity contribution in [1.29, 1.82) is 0 Å². The van der Waals surface area contributed by atoms with Crippen molar-refractivity contribution in [3.8, 4) is 0 Å². The molecule has 0 radical (unpaired) electrons. The molecular weight excluding hydrogens is 322 g/mol. The number of Topliss-reactive ketones (excluding diaryl/α,β-unsaturated/α-hetero) is 1. The van der Waals surface area contributed by atoms with Crippen LogP contribution in [-0.2, 0) is 4.79 Å². The number of carbonyl (C=O) groups excluding carboxylic acids is 1. The summed E-state index contributed by atoms with van der Waals surface area (Å²) in [5.74, 6) is 1.06. The molecule has 4 rings (SSSR count). The largest absolute Gasteiger partial charge is 0.393 e. The van der Waals surface area contributed by atoms with Crippen LogP contribution in [0, 0.1) is 34.5 Å². The lowest BCUT2D eigenvalue weighted by Crippen LogP contribution is -2.65. The number of carbonyl (C=O) groups is 1. The van der Waals surface area contributed by atoms with Crippen molar-refractivity contribution in [2.45, 2.75) is 90.1 Å². The Balaban J connectivity index is 1.69. The van der Waals surface area contributed by atoms with Crippen LogP contribution in [-0.4, -0.2) is 28.8 Å². The van der Waals surface area contributed by atoms with Gasteiger partial charge in [0.05, 0.1) is 6.10 Å². The number of rotatable bonds is 1. The Hall–Kier alpha value is -0.510. The van der Waals surface area contributed by atoms with Crippen molar-refractivity contribution in [3.05, 3.63) is 0 Å². The van der Waals surface area contributed by atoms with Crippen LogP contribution < -0.4 is 0 Å². The van der Waals surface area contributed by atoms with Crippen molar-refractivity contribution >= 4 is 5.78 Å². The number of aliphatic hydroxyl groups is 1. The fraction of sp³-hybridized carbons (Fsp3) is 0.952. The maximum absolute atomic E-state index is 15.9. The summed E-state index contributed by atoms with van der Waals surface area (Å²) >= 11 is 0. The highest BCUT2D eigenvalue weighted by atomic mass is 19.2. The lowest BCUT2D eigenvalue weighted by atomic mass is 9.43. The van der Waals surface area contributed by atoms with E-state index in [1.807, 2.05) is 6.92 Å². The fourth-order valence-corrected chi connectivity index (χ4v) is 7.83. The normalized spacial score (nSPS) is 58.2. The highest BCUT2D eigenvalue weighted by Gasteiger charge is 2.69. The lowest BCUT2D eigenvalue weighted by Gasteiger charge is -2.63. The Bertz CT molecular complexity index is 580. The van der Waals surface area contributed by atoms with Crippen molar-refractivity contribution in [2.24, 2.45) is 34.5 Å². The molecule has 4 heteroatoms. The van der Waals surface area contributed by atoms with E-state index in [-0.39, 0.29) is 41.8 Å². The average molecular weight is 354 g/mol. The van der Waals surface area contributed by atoms with E-state index in [0.717, 1.165) is 25.7 Å². The smallest absolute Gasteiger partial charge is 0.150 e. The van der Waals surface area contributed by atoms with Gasteiger partial charge in [-0.1, -0.05) is 13.8 Å². The average Bonchev–Trinajstić information content (AvgIpc) is 2.88. The van der Waals surface area contributed by atoms with Crippen LogP contribution in [0.5, 0.6) is 0 Å². The van der Waals surface area contributed by atoms with Gasteiger partial charge in [0.25, 0.3) is 0 Å². The van der Waals surface area contributed by atoms with Gasteiger partial charge in [-0.2, -0.15) is 0 Å². The Morgan fingerprint density at radius 3 is 2.48 bits per heavy atom. The third-order valence-corrected chi connectivity index (χ3v) is 9.20. The Kier molecular flexibility index (Phi) is 3.93. The molecule has 4 aliphatic rings. The predicted molar refractivity (Wildman–Crippen MR) is 92.5 cm³/mol. The number of hydrogen-bond acceptors (Lipinski definition) is 2. The molecule has 2 nitrogen and oxygen atoms in total. The van der Waals surface area contributed by atoms with Crippen molar-refractivity contribution in [3.63, 3.8) is 0 Å². The van der Waals surface area contributed by atoms with Gasteiger partial charge in [-0.15, -0.1) is 0 Å². The molecule has 0 amide bonds. The minimum atomic E-state index is -1.89. The molecule has 3 unspecified atom stereocenters. The zero-order chi connectivity index (χ0) is 18.2. The van der Waals surface area contributed by atoms with Crippen LogP contribution >= 0.6 is 0 Å². The van der Waals surface area contributed by atoms with E-state index in [9.17, 15) is 9.90 Å². The van der Waals surface area contributed by atoms with Gasteiger partial charge in [-0.25, -0.2) is 8.78 Å². The van der Waals surface area contributed by atoms with Gasteiger partial charge in [0, 0.05) is 17.8 Å². The van der Waals surface area contributed by atoms with E-state index >= 15 is 8.78 Å². The molecule has 4 saturated carbocycles. The van der Waals surface area contributed by atoms with Gasteiger partial charge >= 0.3 is 0 Å². The second kappa shape index (κ2) is 5.50. The van der Waals surface area contributed by atoms with Crippen molar-refractivity contribution in [1.82, 2.24) is 0 Å². The van der Waals surface area contributed by atoms with Gasteiger partial charge in [0.15, 0.2) is 0 Å². The quantitative estimate of drug-likeness (QED) is 0.745. The molecule has 4 aliphatic carbocycles. The standard InChI is InChI=1S/C21H32F2O2/c1-12(24)15-4-5-16-14-10-18(22)21(23)11-13(25)6-9-20(21,3)17(14)7-8-19(15,16)2/h13-18,25H,4-11H2,1-3H3/t13?,14-,15+,16-,17-,18?,19+,20+,21?/m0/s1. The zero-order valence-corrected chi connectivity index (χ0v) is 15.7. The van der Waals surface area contributed by atoms with Crippen LogP contribution in [0.3, 0.4) is 0 Å². The minimum Gasteiger partial charge on any atom is -0.393 e. The highest BCUT2D eigenvalue weighted by molar-refractivity contribution is 5.79. The van der Waals surface area contributed by atoms with Crippen molar-refractivity contribution in [2.75, 3.05) is 0 Å². The predicted octanol–water partition coefficient (Wildman–Crippen LogP) is 4.64. The number of hydrogen-bond donors (Lipinski definition) is 1. The number of aliphatic hydroxyl groups excluding tert-OH is 1. The molecule has 0 spiro atoms. The number of ketones is 1. The van der Waals surface area contributed by atoms with Crippen LogP contribution in [0.1, 0.15) is 72.1 Å². The summed E-state index contributed by atoms with van der Waals surface area (Å²) in [6, 6.07) is 0. The number of halogens is 2. The number of alkyl halides is 2. The minimum absolute atomic E-state index is 0.0342. The van der Waals surface area contributed by atoms with Gasteiger partial charge in [0.2, 0.25) is 0 Å². The second-order valence-electron chi connectivity index (χ2n) is 10.0. The Morgan fingerprint density at radius 2 is 1.80 bits per heavy atom. The first-order valence-electron chi connectivity index (χ1n) is 10.1. The van der Waals surface area contributed by atoms with E-state index in [0.29, 0.717) is 18.8 Å². The molecule has 0 saturated heterocycles. The molecule has 0 bridgehead atoms. The van der Waals surface area contributed by atoms with Gasteiger partial charge in [-0.05, 0) is 75.0 Å². The molecule has 0 aromatic heterocycles. The summed E-state index contributed by atoms with van der Waals surface area (Å²) < 4.78 is 31.0. The lowest BCUT2D eigenvalue weighted by molar-refractivity contribution is -0.215. The van der Waals surface area contributed by atoms with E-state index < -0.39 is 23.4 Å². The summed E-state index contributed by atoms with van der Waals surface area (Å²) in [5, 5.41) is 9.98. The number of fused-ring (bicyclic) bond motifs is 5. The SMILES string of the molecule is CC(=O)[C@H]1CC[C@H]2[C@@H]3CC(F)C4(F)CC(O)CC[C@]4(C)[C@H]3CC[C@]12C. The molecule has 1 N–H and O–H groups in total. The van der Waals surface area contributed by atoms with E-state index in [4.69, 9.17) is 0 Å². The summed E-state index contributed by atoms with van der Waals surface area (Å²) in [5.41, 5.74) is -2.60. The highest BCUT2D eigenvalue weighted by Crippen LogP contribution is 2.69. The first-order valence-corrected chi connectivity index (χ1v) is 10.1. The molecule has 0 heterocycles. The molecule has 4 fully saturated rings. The third kappa shape index (κ3) is 2.18. The topological polar surface area (TPSA) is 37.3 Å².